The molecule has 3 aromatic rings. The number of ether oxygens (including phenoxy) is 3. The van der Waals surface area contributed by atoms with Gasteiger partial charge in [0.15, 0.2) is 18.1 Å². The van der Waals surface area contributed by atoms with Crippen molar-refractivity contribution in [2.45, 2.75) is 44.4 Å². The Kier molecular flexibility index (Phi) is 8.07. The van der Waals surface area contributed by atoms with Crippen molar-refractivity contribution < 1.29 is 28.2 Å². The number of hydrogen-bond donors (Lipinski definition) is 1. The molecule has 2 aromatic heterocycles. The zero-order valence-electron chi connectivity index (χ0n) is 18.9. The molecule has 11 heteroatoms. The van der Waals surface area contributed by atoms with Crippen molar-refractivity contribution >= 4 is 40.0 Å². The highest BCUT2D eigenvalue weighted by Crippen LogP contribution is 2.38. The second kappa shape index (κ2) is 11.4. The SMILES string of the molecule is CCOC(=O)c1c(NC(=O)CSc2nnc(COc3ccccc3OC)o2)sc2c1CCCC2. The summed E-state index contributed by atoms with van der Waals surface area (Å²) >= 11 is 2.57. The molecule has 1 aromatic carbocycles. The average Bonchev–Trinajstić information content (AvgIpc) is 3.45. The lowest BCUT2D eigenvalue weighted by Gasteiger charge is -2.12. The summed E-state index contributed by atoms with van der Waals surface area (Å²) < 4.78 is 21.7. The van der Waals surface area contributed by atoms with Gasteiger partial charge in [-0.1, -0.05) is 23.9 Å². The highest BCUT2D eigenvalue weighted by molar-refractivity contribution is 7.99. The third-order valence-electron chi connectivity index (χ3n) is 5.10. The number of carbonyl (C=O) groups is 2. The molecule has 180 valence electrons. The van der Waals surface area contributed by atoms with E-state index in [0.29, 0.717) is 22.1 Å². The Morgan fingerprint density at radius 3 is 2.76 bits per heavy atom. The maximum Gasteiger partial charge on any atom is 0.341 e. The van der Waals surface area contributed by atoms with Crippen LogP contribution in [0.1, 0.15) is 46.5 Å². The van der Waals surface area contributed by atoms with Gasteiger partial charge in [-0.3, -0.25) is 4.79 Å². The number of nitrogens with one attached hydrogen (secondary N) is 1. The first-order valence-electron chi connectivity index (χ1n) is 10.9. The quantitative estimate of drug-likeness (QED) is 0.315. The van der Waals surface area contributed by atoms with Crippen LogP contribution >= 0.6 is 23.1 Å². The van der Waals surface area contributed by atoms with E-state index in [1.165, 1.54) is 11.3 Å². The van der Waals surface area contributed by atoms with Crippen molar-refractivity contribution in [1.29, 1.82) is 0 Å². The minimum absolute atomic E-state index is 0.0554. The van der Waals surface area contributed by atoms with Gasteiger partial charge in [0.2, 0.25) is 5.91 Å². The molecular weight excluding hydrogens is 478 g/mol. The number of hydrogen-bond acceptors (Lipinski definition) is 10. The molecule has 34 heavy (non-hydrogen) atoms. The number of nitrogens with zero attached hydrogens (tertiary/aromatic N) is 2. The van der Waals surface area contributed by atoms with Crippen molar-refractivity contribution in [3.05, 3.63) is 46.2 Å². The molecule has 2 heterocycles. The van der Waals surface area contributed by atoms with Crippen molar-refractivity contribution in [1.82, 2.24) is 10.2 Å². The van der Waals surface area contributed by atoms with E-state index in [0.717, 1.165) is 47.9 Å². The number of para-hydroxylation sites is 2. The minimum atomic E-state index is -0.388. The maximum atomic E-state index is 12.6. The summed E-state index contributed by atoms with van der Waals surface area (Å²) in [5, 5.41) is 11.6. The van der Waals surface area contributed by atoms with Crippen LogP contribution in [0.15, 0.2) is 33.9 Å². The molecular formula is C23H25N3O6S2. The van der Waals surface area contributed by atoms with E-state index in [4.69, 9.17) is 18.6 Å². The summed E-state index contributed by atoms with van der Waals surface area (Å²) in [6.07, 6.45) is 3.85. The van der Waals surface area contributed by atoms with Gasteiger partial charge in [0.25, 0.3) is 11.1 Å². The van der Waals surface area contributed by atoms with Gasteiger partial charge in [0.1, 0.15) is 5.00 Å². The summed E-state index contributed by atoms with van der Waals surface area (Å²) in [6.45, 7) is 2.13. The van der Waals surface area contributed by atoms with Gasteiger partial charge in [-0.25, -0.2) is 4.79 Å². The largest absolute Gasteiger partial charge is 0.493 e. The summed E-state index contributed by atoms with van der Waals surface area (Å²) in [5.41, 5.74) is 1.50. The number of fused-ring (bicyclic) bond motifs is 1. The first-order chi connectivity index (χ1) is 16.6. The summed E-state index contributed by atoms with van der Waals surface area (Å²) in [6, 6.07) is 7.25. The topological polar surface area (TPSA) is 113 Å². The smallest absolute Gasteiger partial charge is 0.341 e. The molecule has 0 saturated carbocycles. The third-order valence-corrected chi connectivity index (χ3v) is 7.12. The molecule has 1 aliphatic rings. The number of thioether (sulfide) groups is 1. The zero-order chi connectivity index (χ0) is 23.9. The number of aromatic nitrogens is 2. The molecule has 0 atom stereocenters. The van der Waals surface area contributed by atoms with E-state index >= 15 is 0 Å². The Bertz CT molecular complexity index is 1160. The van der Waals surface area contributed by atoms with Gasteiger partial charge in [-0.2, -0.15) is 0 Å². The van der Waals surface area contributed by atoms with Crippen molar-refractivity contribution in [3.8, 4) is 11.5 Å². The van der Waals surface area contributed by atoms with E-state index in [1.807, 2.05) is 12.1 Å². The molecule has 0 fully saturated rings. The van der Waals surface area contributed by atoms with Crippen LogP contribution in [0.5, 0.6) is 11.5 Å². The maximum absolute atomic E-state index is 12.6. The van der Waals surface area contributed by atoms with Gasteiger partial charge >= 0.3 is 5.97 Å². The fourth-order valence-electron chi connectivity index (χ4n) is 3.60. The Balaban J connectivity index is 1.34. The Labute approximate surface area is 205 Å². The highest BCUT2D eigenvalue weighted by atomic mass is 32.2. The first-order valence-corrected chi connectivity index (χ1v) is 12.7. The van der Waals surface area contributed by atoms with Crippen molar-refractivity contribution in [3.63, 3.8) is 0 Å². The van der Waals surface area contributed by atoms with Crippen LogP contribution in [-0.4, -0.2) is 41.5 Å². The van der Waals surface area contributed by atoms with E-state index in [-0.39, 0.29) is 42.0 Å². The number of esters is 1. The van der Waals surface area contributed by atoms with Gasteiger partial charge in [0.05, 0.1) is 25.0 Å². The van der Waals surface area contributed by atoms with Crippen LogP contribution in [-0.2, 0) is 29.0 Å². The normalized spacial score (nSPS) is 12.6. The van der Waals surface area contributed by atoms with Gasteiger partial charge in [-0.05, 0) is 50.3 Å². The predicted molar refractivity (Wildman–Crippen MR) is 128 cm³/mol. The third kappa shape index (κ3) is 5.71. The molecule has 1 amide bonds. The molecule has 1 N–H and O–H groups in total. The number of rotatable bonds is 10. The van der Waals surface area contributed by atoms with Crippen molar-refractivity contribution in [2.75, 3.05) is 24.8 Å². The molecule has 4 rings (SSSR count). The molecule has 0 spiro atoms. The van der Waals surface area contributed by atoms with Crippen LogP contribution in [0.2, 0.25) is 0 Å². The second-order valence-corrected chi connectivity index (χ2v) is 9.41. The number of aryl methyl sites for hydroxylation is 1. The number of anilines is 1. The van der Waals surface area contributed by atoms with E-state index < -0.39 is 0 Å². The predicted octanol–water partition coefficient (Wildman–Crippen LogP) is 4.51. The minimum Gasteiger partial charge on any atom is -0.493 e. The van der Waals surface area contributed by atoms with Gasteiger partial charge in [0, 0.05) is 4.88 Å². The van der Waals surface area contributed by atoms with Crippen molar-refractivity contribution in [2.24, 2.45) is 0 Å². The molecule has 0 aliphatic heterocycles. The van der Waals surface area contributed by atoms with Crippen LogP contribution in [0.25, 0.3) is 0 Å². The lowest BCUT2D eigenvalue weighted by Crippen LogP contribution is -2.17. The lowest BCUT2D eigenvalue weighted by atomic mass is 9.95. The van der Waals surface area contributed by atoms with Crippen LogP contribution in [0, 0.1) is 0 Å². The number of carbonyl (C=O) groups excluding carboxylic acids is 2. The number of amides is 1. The summed E-state index contributed by atoms with van der Waals surface area (Å²) in [4.78, 5) is 26.3. The Morgan fingerprint density at radius 1 is 1.18 bits per heavy atom. The second-order valence-electron chi connectivity index (χ2n) is 7.37. The fourth-order valence-corrected chi connectivity index (χ4v) is 5.47. The van der Waals surface area contributed by atoms with Crippen LogP contribution < -0.4 is 14.8 Å². The van der Waals surface area contributed by atoms with Gasteiger partial charge < -0.3 is 23.9 Å². The molecule has 0 radical (unpaired) electrons. The fraction of sp³-hybridized carbons (Fsp3) is 0.391. The van der Waals surface area contributed by atoms with E-state index in [2.05, 4.69) is 15.5 Å². The number of thiophene rings is 1. The summed E-state index contributed by atoms with van der Waals surface area (Å²) in [7, 11) is 1.57. The lowest BCUT2D eigenvalue weighted by molar-refractivity contribution is -0.113. The number of benzene rings is 1. The average molecular weight is 504 g/mol. The molecule has 1 aliphatic carbocycles. The standard InChI is InChI=1S/C23H25N3O6S2/c1-3-30-22(28)20-14-8-4-7-11-17(14)34-21(20)24-18(27)13-33-23-26-25-19(32-23)12-31-16-10-6-5-9-15(16)29-2/h5-6,9-10H,3-4,7-8,11-13H2,1-2H3,(H,24,27). The summed E-state index contributed by atoms with van der Waals surface area (Å²) in [5.74, 6) is 0.850. The molecule has 9 nitrogen and oxygen atoms in total. The molecule has 0 saturated heterocycles. The number of methoxy groups -OCH3 is 1. The van der Waals surface area contributed by atoms with Crippen LogP contribution in [0.3, 0.4) is 0 Å². The Hall–Kier alpha value is -3.05. The highest BCUT2D eigenvalue weighted by Gasteiger charge is 2.27. The van der Waals surface area contributed by atoms with E-state index in [1.54, 1.807) is 26.2 Å². The molecule has 0 unspecified atom stereocenters. The van der Waals surface area contributed by atoms with Gasteiger partial charge in [-0.15, -0.1) is 21.5 Å². The van der Waals surface area contributed by atoms with Crippen LogP contribution in [0.4, 0.5) is 5.00 Å². The Morgan fingerprint density at radius 2 is 1.97 bits per heavy atom. The monoisotopic (exact) mass is 503 g/mol. The molecule has 0 bridgehead atoms. The van der Waals surface area contributed by atoms with E-state index in [9.17, 15) is 9.59 Å². The first kappa shape index (κ1) is 24.1. The zero-order valence-corrected chi connectivity index (χ0v) is 20.6.